The Morgan fingerprint density at radius 1 is 0.671 bits per heavy atom. The molecule has 1 heterocycles. The van der Waals surface area contributed by atoms with Crippen LogP contribution in [0.15, 0.2) is 85.1 Å². The number of aromatic nitrogens is 1. The molecule has 0 saturated carbocycles. The minimum atomic E-state index is -1.70. The number of alkyl carbamates (subject to hydrolysis) is 1. The highest BCUT2D eigenvalue weighted by atomic mass is 32.2. The number of hydrogen-bond donors (Lipinski definition) is 11. The predicted octanol–water partition coefficient (Wildman–Crippen LogP) is 1.07. The SMILES string of the molecule is CSCC[C@H](NC(=O)[C@H](Cc1c[nH]c2ccccc12)NC(=O)CNC(=O)[C@H](Cc1ccc(O)cc1)NC(=O)[C@H](C)NC(=O)OC(C)(C)C)C(=O)N[C@@H](CC(=O)O)C(=O)N[C@@H](Cc1ccccc1)C(N)=O. The number of para-hydroxylation sites is 1. The van der Waals surface area contributed by atoms with Crippen LogP contribution in [0.5, 0.6) is 5.75 Å². The Morgan fingerprint density at radius 3 is 1.87 bits per heavy atom. The smallest absolute Gasteiger partial charge is 0.408 e. The van der Waals surface area contributed by atoms with Crippen molar-refractivity contribution in [2.75, 3.05) is 18.6 Å². The topological polar surface area (TPSA) is 329 Å². The summed E-state index contributed by atoms with van der Waals surface area (Å²) in [4.78, 5) is 122. The Balaban J connectivity index is 1.53. The van der Waals surface area contributed by atoms with Gasteiger partial charge in [-0.1, -0.05) is 60.7 Å². The largest absolute Gasteiger partial charge is 0.508 e. The minimum Gasteiger partial charge on any atom is -0.508 e. The molecule has 0 unspecified atom stereocenters. The molecule has 376 valence electrons. The molecule has 0 bridgehead atoms. The van der Waals surface area contributed by atoms with Crippen LogP contribution in [0.3, 0.4) is 0 Å². The van der Waals surface area contributed by atoms with E-state index in [1.807, 2.05) is 6.07 Å². The molecule has 6 atom stereocenters. The number of ether oxygens (including phenoxy) is 1. The average Bonchev–Trinajstić information content (AvgIpc) is 3.71. The molecule has 8 amide bonds. The van der Waals surface area contributed by atoms with Crippen LogP contribution in [-0.2, 0) is 62.4 Å². The first-order chi connectivity index (χ1) is 33.1. The van der Waals surface area contributed by atoms with E-state index in [9.17, 15) is 53.4 Å². The number of aromatic amines is 1. The van der Waals surface area contributed by atoms with Gasteiger partial charge in [0.15, 0.2) is 0 Å². The van der Waals surface area contributed by atoms with Crippen LogP contribution in [0.1, 0.15) is 57.2 Å². The molecule has 0 fully saturated rings. The zero-order valence-electron chi connectivity index (χ0n) is 39.5. The summed E-state index contributed by atoms with van der Waals surface area (Å²) in [6.07, 6.45) is 1.43. The number of benzene rings is 3. The lowest BCUT2D eigenvalue weighted by Crippen LogP contribution is -2.59. The quantitative estimate of drug-likeness (QED) is 0.0443. The first-order valence-corrected chi connectivity index (χ1v) is 23.7. The molecule has 0 radical (unpaired) electrons. The first-order valence-electron chi connectivity index (χ1n) is 22.3. The summed E-state index contributed by atoms with van der Waals surface area (Å²) >= 11 is 1.34. The standard InChI is InChI=1S/C48H61N9O12S/c1-27(52-47(68)69-48(2,3)4)42(63)56-36(22-29-15-17-31(58)18-16-29)43(64)51-26-39(59)53-37(23-30-25-50-33-14-10-9-13-32(30)33)45(66)54-34(19-20-70-5)44(65)57-38(24-40(60)61)46(67)55-35(41(49)62)21-28-11-7-6-8-12-28/h6-18,25,27,34-38,50,58H,19-24,26H2,1-5H3,(H2,49,62)(H,51,64)(H,52,68)(H,53,59)(H,54,66)(H,55,67)(H,56,63)(H,57,65)(H,60,61)/t27-,34-,35-,36-,37-,38-/m0/s1. The lowest BCUT2D eigenvalue weighted by molar-refractivity contribution is -0.141. The van der Waals surface area contributed by atoms with Crippen molar-refractivity contribution in [3.05, 3.63) is 102 Å². The summed E-state index contributed by atoms with van der Waals surface area (Å²) in [6.45, 7) is 5.64. The van der Waals surface area contributed by atoms with Gasteiger partial charge in [0.2, 0.25) is 41.4 Å². The number of nitrogens with two attached hydrogens (primary N) is 1. The zero-order valence-corrected chi connectivity index (χ0v) is 40.3. The summed E-state index contributed by atoms with van der Waals surface area (Å²) < 4.78 is 5.23. The van der Waals surface area contributed by atoms with Gasteiger partial charge in [0.05, 0.1) is 13.0 Å². The van der Waals surface area contributed by atoms with E-state index in [0.717, 1.165) is 10.9 Å². The van der Waals surface area contributed by atoms with Crippen molar-refractivity contribution < 1.29 is 58.1 Å². The molecular weight excluding hydrogens is 927 g/mol. The summed E-state index contributed by atoms with van der Waals surface area (Å²) in [6, 6.07) is 13.5. The fourth-order valence-corrected chi connectivity index (χ4v) is 7.44. The number of thioether (sulfide) groups is 1. The molecule has 21 nitrogen and oxygen atoms in total. The van der Waals surface area contributed by atoms with E-state index >= 15 is 0 Å². The van der Waals surface area contributed by atoms with E-state index in [2.05, 4.69) is 42.2 Å². The van der Waals surface area contributed by atoms with Crippen LogP contribution in [0.25, 0.3) is 10.9 Å². The number of carboxylic acid groups (broad SMARTS) is 1. The van der Waals surface area contributed by atoms with Gasteiger partial charge in [-0.3, -0.25) is 38.4 Å². The molecule has 3 aromatic carbocycles. The Bertz CT molecular complexity index is 2480. The van der Waals surface area contributed by atoms with Crippen molar-refractivity contribution in [3.63, 3.8) is 0 Å². The molecular formula is C48H61N9O12S. The molecule has 22 heteroatoms. The number of carboxylic acids is 1. The van der Waals surface area contributed by atoms with Crippen molar-refractivity contribution in [2.24, 2.45) is 5.73 Å². The van der Waals surface area contributed by atoms with E-state index in [1.54, 1.807) is 81.8 Å². The van der Waals surface area contributed by atoms with Crippen LogP contribution in [0, 0.1) is 0 Å². The van der Waals surface area contributed by atoms with Crippen molar-refractivity contribution in [3.8, 4) is 5.75 Å². The van der Waals surface area contributed by atoms with Crippen molar-refractivity contribution in [1.29, 1.82) is 0 Å². The molecule has 0 aliphatic heterocycles. The number of primary amides is 1. The van der Waals surface area contributed by atoms with Gasteiger partial charge in [0, 0.05) is 36.4 Å². The van der Waals surface area contributed by atoms with Crippen LogP contribution < -0.4 is 43.0 Å². The number of aromatic hydroxyl groups is 1. The highest BCUT2D eigenvalue weighted by Gasteiger charge is 2.33. The molecule has 4 rings (SSSR count). The third-order valence-corrected chi connectivity index (χ3v) is 11.2. The minimum absolute atomic E-state index is 0.00191. The highest BCUT2D eigenvalue weighted by Crippen LogP contribution is 2.20. The van der Waals surface area contributed by atoms with Gasteiger partial charge < -0.3 is 62.9 Å². The normalized spacial score (nSPS) is 13.7. The number of carbonyl (C=O) groups is 9. The molecule has 0 aliphatic carbocycles. The summed E-state index contributed by atoms with van der Waals surface area (Å²) in [5.41, 5.74) is 7.24. The average molecular weight is 988 g/mol. The maximum Gasteiger partial charge on any atom is 0.408 e. The lowest BCUT2D eigenvalue weighted by atomic mass is 10.0. The molecule has 0 aliphatic rings. The number of hydrogen-bond acceptors (Lipinski definition) is 12. The lowest BCUT2D eigenvalue weighted by Gasteiger charge is -2.26. The van der Waals surface area contributed by atoms with Crippen LogP contribution in [-0.4, -0.2) is 129 Å². The van der Waals surface area contributed by atoms with E-state index < -0.39 is 108 Å². The zero-order chi connectivity index (χ0) is 51.5. The molecule has 1 aromatic heterocycles. The van der Waals surface area contributed by atoms with E-state index in [1.165, 1.54) is 43.0 Å². The molecule has 0 saturated heterocycles. The fourth-order valence-electron chi connectivity index (χ4n) is 6.97. The second kappa shape index (κ2) is 26.2. The summed E-state index contributed by atoms with van der Waals surface area (Å²) in [7, 11) is 0. The van der Waals surface area contributed by atoms with Gasteiger partial charge in [0.25, 0.3) is 0 Å². The number of aliphatic carboxylic acids is 1. The van der Waals surface area contributed by atoms with E-state index in [-0.39, 0.29) is 31.4 Å². The monoisotopic (exact) mass is 987 g/mol. The number of H-pyrrole nitrogens is 1. The Kier molecular flexibility index (Phi) is 20.6. The number of phenolic OH excluding ortho intramolecular Hbond substituents is 1. The number of amides is 8. The van der Waals surface area contributed by atoms with Crippen molar-refractivity contribution in [1.82, 2.24) is 42.2 Å². The van der Waals surface area contributed by atoms with Gasteiger partial charge in [0.1, 0.15) is 47.6 Å². The van der Waals surface area contributed by atoms with Crippen LogP contribution in [0.2, 0.25) is 0 Å². The van der Waals surface area contributed by atoms with Crippen LogP contribution in [0.4, 0.5) is 4.79 Å². The third-order valence-electron chi connectivity index (χ3n) is 10.5. The Labute approximate surface area is 408 Å². The molecule has 70 heavy (non-hydrogen) atoms. The second-order valence-corrected chi connectivity index (χ2v) is 18.3. The number of carbonyl (C=O) groups excluding carboxylic acids is 8. The van der Waals surface area contributed by atoms with Gasteiger partial charge >= 0.3 is 12.1 Å². The Morgan fingerprint density at radius 2 is 1.23 bits per heavy atom. The van der Waals surface area contributed by atoms with Gasteiger partial charge in [-0.15, -0.1) is 0 Å². The van der Waals surface area contributed by atoms with Crippen molar-refractivity contribution in [2.45, 2.75) is 102 Å². The molecule has 4 aromatic rings. The van der Waals surface area contributed by atoms with Gasteiger partial charge in [-0.05, 0) is 81.0 Å². The second-order valence-electron chi connectivity index (χ2n) is 17.4. The fraction of sp³-hybridized carbons (Fsp3) is 0.396. The number of rotatable bonds is 25. The van der Waals surface area contributed by atoms with Gasteiger partial charge in [-0.25, -0.2) is 4.79 Å². The number of nitrogens with one attached hydrogen (secondary N) is 8. The number of phenols is 1. The molecule has 12 N–H and O–H groups in total. The number of fused-ring (bicyclic) bond motifs is 1. The third kappa shape index (κ3) is 18.1. The molecule has 0 spiro atoms. The summed E-state index contributed by atoms with van der Waals surface area (Å²) in [5.74, 6) is -7.25. The first kappa shape index (κ1) is 55.0. The summed E-state index contributed by atoms with van der Waals surface area (Å²) in [5, 5.41) is 37.8. The van der Waals surface area contributed by atoms with Crippen molar-refractivity contribution >= 4 is 76.1 Å². The van der Waals surface area contributed by atoms with E-state index in [0.29, 0.717) is 22.4 Å². The van der Waals surface area contributed by atoms with E-state index in [4.69, 9.17) is 10.5 Å². The highest BCUT2D eigenvalue weighted by molar-refractivity contribution is 7.98. The predicted molar refractivity (Wildman–Crippen MR) is 260 cm³/mol. The van der Waals surface area contributed by atoms with Crippen LogP contribution >= 0.6 is 11.8 Å². The maximum absolute atomic E-state index is 14.3. The van der Waals surface area contributed by atoms with Gasteiger partial charge in [-0.2, -0.15) is 11.8 Å². The maximum atomic E-state index is 14.3. The Hall–Kier alpha value is -7.62.